The average molecular weight is 488 g/mol. The highest BCUT2D eigenvalue weighted by atomic mass is 19.3. The van der Waals surface area contributed by atoms with Crippen molar-refractivity contribution in [1.82, 2.24) is 9.55 Å². The lowest BCUT2D eigenvalue weighted by Crippen LogP contribution is -2.41. The highest BCUT2D eigenvalue weighted by Crippen LogP contribution is 2.41. The van der Waals surface area contributed by atoms with Crippen molar-refractivity contribution in [3.8, 4) is 0 Å². The summed E-state index contributed by atoms with van der Waals surface area (Å²) in [5.41, 5.74) is -1.06. The molecule has 2 rings (SSSR count). The second-order valence-electron chi connectivity index (χ2n) is 9.02. The second kappa shape index (κ2) is 14.5. The average Bonchev–Trinajstić information content (AvgIpc) is 3.03. The number of alkyl halides is 2. The molecule has 0 aromatic carbocycles. The minimum absolute atomic E-state index is 0.0363. The third kappa shape index (κ3) is 8.39. The molecule has 8 nitrogen and oxygen atoms in total. The van der Waals surface area contributed by atoms with Gasteiger partial charge in [-0.2, -0.15) is 13.8 Å². The van der Waals surface area contributed by atoms with Gasteiger partial charge in [-0.1, -0.05) is 77.6 Å². The first-order valence-electron chi connectivity index (χ1n) is 12.5. The number of hydrogen-bond acceptors (Lipinski definition) is 6. The van der Waals surface area contributed by atoms with Crippen molar-refractivity contribution in [2.75, 3.05) is 11.9 Å². The molecule has 194 valence electrons. The van der Waals surface area contributed by atoms with Crippen molar-refractivity contribution in [3.63, 3.8) is 0 Å². The molecule has 1 aliphatic heterocycles. The van der Waals surface area contributed by atoms with Gasteiger partial charge in [-0.3, -0.25) is 9.36 Å². The molecule has 1 fully saturated rings. The summed E-state index contributed by atoms with van der Waals surface area (Å²) in [4.78, 5) is 28.0. The van der Waals surface area contributed by atoms with E-state index >= 15 is 0 Å². The van der Waals surface area contributed by atoms with Crippen LogP contribution in [0.5, 0.6) is 0 Å². The fourth-order valence-electron chi connectivity index (χ4n) is 4.11. The Bertz CT molecular complexity index is 805. The molecule has 3 atom stereocenters. The third-order valence-electron chi connectivity index (χ3n) is 6.17. The summed E-state index contributed by atoms with van der Waals surface area (Å²) in [7, 11) is 0. The monoisotopic (exact) mass is 487 g/mol. The van der Waals surface area contributed by atoms with E-state index in [1.54, 1.807) is 0 Å². The number of carbonyl (C=O) groups is 1. The second-order valence-corrected chi connectivity index (χ2v) is 9.02. The summed E-state index contributed by atoms with van der Waals surface area (Å²) in [6.07, 6.45) is 9.76. The Morgan fingerprint density at radius 3 is 2.15 bits per heavy atom. The molecule has 0 spiro atoms. The van der Waals surface area contributed by atoms with Crippen LogP contribution in [0.15, 0.2) is 17.1 Å². The molecule has 0 aliphatic carbocycles. The molecule has 1 aromatic rings. The van der Waals surface area contributed by atoms with Crippen LogP contribution in [0.25, 0.3) is 0 Å². The molecule has 1 aliphatic rings. The molecule has 0 radical (unpaired) electrons. The fraction of sp³-hybridized carbons (Fsp3) is 0.792. The van der Waals surface area contributed by atoms with E-state index in [1.807, 2.05) is 0 Å². The molecule has 34 heavy (non-hydrogen) atoms. The van der Waals surface area contributed by atoms with E-state index in [-0.39, 0.29) is 18.1 Å². The predicted molar refractivity (Wildman–Crippen MR) is 125 cm³/mol. The van der Waals surface area contributed by atoms with E-state index in [9.17, 15) is 23.5 Å². The van der Waals surface area contributed by atoms with Gasteiger partial charge in [0.25, 0.3) is 0 Å². The van der Waals surface area contributed by atoms with E-state index in [4.69, 9.17) is 9.84 Å². The Labute approximate surface area is 199 Å². The number of carbonyl (C=O) groups excluding carboxylic acids is 1. The Morgan fingerprint density at radius 2 is 1.65 bits per heavy atom. The number of halogens is 2. The van der Waals surface area contributed by atoms with Gasteiger partial charge >= 0.3 is 11.6 Å². The summed E-state index contributed by atoms with van der Waals surface area (Å²) in [6.45, 7) is 1.41. The number of ether oxygens (including phenoxy) is 1. The maximum Gasteiger partial charge on any atom is 0.351 e. The first-order chi connectivity index (χ1) is 16.3. The standard InChI is InChI=1S/C24H39F2N3O5/c1-2-3-4-5-6-7-8-9-10-11-12-13-14-20(31)27-19-15-16-29(23(33)28-19)22-24(25,26)21(32)18(17-30)34-22/h15-16,18,21-22,30,32H,2-14,17H2,1H3,(H,27,28,31,33)/t18-,21-,22-/m1/s1. The summed E-state index contributed by atoms with van der Waals surface area (Å²) < 4.78 is 33.9. The number of unbranched alkanes of at least 4 members (excludes halogenated alkanes) is 11. The highest BCUT2D eigenvalue weighted by Gasteiger charge is 2.59. The highest BCUT2D eigenvalue weighted by molar-refractivity contribution is 5.89. The molecule has 1 amide bonds. The van der Waals surface area contributed by atoms with Crippen LogP contribution in [0.1, 0.15) is 96.6 Å². The Morgan fingerprint density at radius 1 is 1.09 bits per heavy atom. The van der Waals surface area contributed by atoms with Gasteiger partial charge in [0, 0.05) is 12.6 Å². The number of nitrogens with one attached hydrogen (secondary N) is 1. The van der Waals surface area contributed by atoms with Crippen molar-refractivity contribution >= 4 is 11.7 Å². The topological polar surface area (TPSA) is 114 Å². The molecule has 10 heteroatoms. The zero-order valence-corrected chi connectivity index (χ0v) is 20.1. The normalized spacial score (nSPS) is 21.6. The number of amides is 1. The fourth-order valence-corrected chi connectivity index (χ4v) is 4.11. The number of aliphatic hydroxyl groups is 2. The van der Waals surface area contributed by atoms with Crippen molar-refractivity contribution < 1.29 is 28.5 Å². The zero-order valence-electron chi connectivity index (χ0n) is 20.1. The maximum absolute atomic E-state index is 14.2. The summed E-state index contributed by atoms with van der Waals surface area (Å²) in [6, 6.07) is 1.22. The molecule has 0 unspecified atom stereocenters. The lowest BCUT2D eigenvalue weighted by Gasteiger charge is -2.21. The number of aromatic nitrogens is 2. The molecule has 0 saturated carbocycles. The van der Waals surface area contributed by atoms with E-state index in [0.29, 0.717) is 4.57 Å². The van der Waals surface area contributed by atoms with E-state index < -0.39 is 36.7 Å². The Kier molecular flexibility index (Phi) is 12.1. The number of nitrogens with zero attached hydrogens (tertiary/aromatic N) is 2. The molecule has 1 saturated heterocycles. The van der Waals surface area contributed by atoms with Crippen molar-refractivity contribution in [1.29, 1.82) is 0 Å². The van der Waals surface area contributed by atoms with Gasteiger partial charge in [-0.15, -0.1) is 0 Å². The lowest BCUT2D eigenvalue weighted by molar-refractivity contribution is -0.141. The van der Waals surface area contributed by atoms with Gasteiger partial charge in [0.05, 0.1) is 6.61 Å². The van der Waals surface area contributed by atoms with Gasteiger partial charge in [-0.25, -0.2) is 4.79 Å². The van der Waals surface area contributed by atoms with E-state index in [1.165, 1.54) is 57.4 Å². The first-order valence-corrected chi connectivity index (χ1v) is 12.5. The SMILES string of the molecule is CCCCCCCCCCCCCCC(=O)Nc1ccn([C@@H]2O[C@H](CO)[C@@H](O)C2(F)F)c(=O)n1. The van der Waals surface area contributed by atoms with E-state index in [2.05, 4.69) is 17.2 Å². The van der Waals surface area contributed by atoms with Crippen LogP contribution < -0.4 is 11.0 Å². The van der Waals surface area contributed by atoms with Crippen LogP contribution in [0.3, 0.4) is 0 Å². The van der Waals surface area contributed by atoms with Gasteiger partial charge in [-0.05, 0) is 12.5 Å². The van der Waals surface area contributed by atoms with Crippen LogP contribution in [0.4, 0.5) is 14.6 Å². The molecule has 0 bridgehead atoms. The van der Waals surface area contributed by atoms with Crippen molar-refractivity contribution in [2.24, 2.45) is 0 Å². The lowest BCUT2D eigenvalue weighted by atomic mass is 10.0. The molecule has 1 aromatic heterocycles. The van der Waals surface area contributed by atoms with Crippen LogP contribution >= 0.6 is 0 Å². The molecular weight excluding hydrogens is 448 g/mol. The molecular formula is C24H39F2N3O5. The third-order valence-corrected chi connectivity index (χ3v) is 6.17. The van der Waals surface area contributed by atoms with Crippen LogP contribution in [0, 0.1) is 0 Å². The Hall–Kier alpha value is -1.91. The number of hydrogen-bond donors (Lipinski definition) is 3. The minimum Gasteiger partial charge on any atom is -0.394 e. The van der Waals surface area contributed by atoms with Gasteiger partial charge in [0.2, 0.25) is 12.1 Å². The largest absolute Gasteiger partial charge is 0.394 e. The predicted octanol–water partition coefficient (Wildman–Crippen LogP) is 4.16. The van der Waals surface area contributed by atoms with Crippen LogP contribution in [0.2, 0.25) is 0 Å². The Balaban J connectivity index is 1.66. The minimum atomic E-state index is -3.78. The molecule has 2 heterocycles. The quantitative estimate of drug-likeness (QED) is 0.302. The summed E-state index contributed by atoms with van der Waals surface area (Å²) in [5, 5.41) is 21.2. The van der Waals surface area contributed by atoms with Gasteiger partial charge in [0.15, 0.2) is 6.10 Å². The molecule has 3 N–H and O–H groups in total. The van der Waals surface area contributed by atoms with Crippen LogP contribution in [-0.4, -0.2) is 50.4 Å². The number of anilines is 1. The smallest absolute Gasteiger partial charge is 0.351 e. The number of rotatable bonds is 16. The van der Waals surface area contributed by atoms with E-state index in [0.717, 1.165) is 31.9 Å². The first kappa shape index (κ1) is 28.3. The summed E-state index contributed by atoms with van der Waals surface area (Å²) >= 11 is 0. The van der Waals surface area contributed by atoms with Gasteiger partial charge < -0.3 is 20.3 Å². The van der Waals surface area contributed by atoms with Crippen LogP contribution in [-0.2, 0) is 9.53 Å². The maximum atomic E-state index is 14.2. The van der Waals surface area contributed by atoms with Crippen molar-refractivity contribution in [2.45, 2.75) is 115 Å². The summed E-state index contributed by atoms with van der Waals surface area (Å²) in [5.74, 6) is -4.11. The zero-order chi connectivity index (χ0) is 25.0. The van der Waals surface area contributed by atoms with Gasteiger partial charge in [0.1, 0.15) is 11.9 Å². The number of aliphatic hydroxyl groups excluding tert-OH is 2. The van der Waals surface area contributed by atoms with Crippen molar-refractivity contribution in [3.05, 3.63) is 22.7 Å².